The first-order chi connectivity index (χ1) is 13.5. The Bertz CT molecular complexity index is 1080. The van der Waals surface area contributed by atoms with Crippen LogP contribution in [0.2, 0.25) is 0 Å². The number of thiophene rings is 1. The molecule has 28 heavy (non-hydrogen) atoms. The second-order valence-corrected chi connectivity index (χ2v) is 7.64. The van der Waals surface area contributed by atoms with E-state index in [9.17, 15) is 9.59 Å². The van der Waals surface area contributed by atoms with E-state index in [1.165, 1.54) is 17.4 Å². The van der Waals surface area contributed by atoms with Gasteiger partial charge in [-0.3, -0.25) is 4.79 Å². The van der Waals surface area contributed by atoms with E-state index < -0.39 is 11.3 Å². The maximum Gasteiger partial charge on any atom is 0.334 e. The van der Waals surface area contributed by atoms with Crippen LogP contribution >= 0.6 is 22.9 Å². The van der Waals surface area contributed by atoms with Gasteiger partial charge in [-0.05, 0) is 41.6 Å². The third-order valence-electron chi connectivity index (χ3n) is 4.32. The molecule has 1 aromatic heterocycles. The molecule has 1 unspecified atom stereocenters. The zero-order valence-corrected chi connectivity index (χ0v) is 16.4. The average molecular weight is 411 g/mol. The quantitative estimate of drug-likeness (QED) is 0.244. The minimum atomic E-state index is -0.922. The normalized spacial score (nSPS) is 15.2. The van der Waals surface area contributed by atoms with Gasteiger partial charge in [-0.15, -0.1) is 22.9 Å². The van der Waals surface area contributed by atoms with Crippen LogP contribution in [0.1, 0.15) is 31.7 Å². The molecule has 0 aliphatic carbocycles. The monoisotopic (exact) mass is 410 g/mol. The van der Waals surface area contributed by atoms with Gasteiger partial charge in [-0.1, -0.05) is 30.3 Å². The van der Waals surface area contributed by atoms with Crippen molar-refractivity contribution in [3.63, 3.8) is 0 Å². The molecule has 1 aliphatic rings. The second kappa shape index (κ2) is 7.62. The van der Waals surface area contributed by atoms with Crippen molar-refractivity contribution >= 4 is 40.8 Å². The number of esters is 1. The van der Waals surface area contributed by atoms with Crippen molar-refractivity contribution in [3.05, 3.63) is 87.3 Å². The molecule has 0 saturated carbocycles. The molecule has 0 bridgehead atoms. The van der Waals surface area contributed by atoms with Crippen molar-refractivity contribution in [2.75, 3.05) is 0 Å². The fourth-order valence-electron chi connectivity index (χ4n) is 2.81. The molecule has 0 N–H and O–H groups in total. The molecule has 1 aliphatic heterocycles. The zero-order chi connectivity index (χ0) is 19.7. The van der Waals surface area contributed by atoms with Gasteiger partial charge in [-0.25, -0.2) is 4.79 Å². The van der Waals surface area contributed by atoms with Gasteiger partial charge in [0.1, 0.15) is 11.5 Å². The summed E-state index contributed by atoms with van der Waals surface area (Å²) in [6, 6.07) is 15.6. The topological polar surface area (TPSA) is 52.6 Å². The highest BCUT2D eigenvalue weighted by atomic mass is 35.5. The number of carbonyl (C=O) groups is 2. The molecule has 2 heterocycles. The molecular formula is C22H15ClO4S. The number of halogens is 1. The first-order valence-electron chi connectivity index (χ1n) is 8.56. The minimum Gasteiger partial charge on any atom is -0.452 e. The molecule has 0 radical (unpaired) electrons. The molecule has 3 aromatic rings. The van der Waals surface area contributed by atoms with Crippen LogP contribution in [0.3, 0.4) is 0 Å². The third kappa shape index (κ3) is 3.59. The first-order valence-corrected chi connectivity index (χ1v) is 9.87. The maximum absolute atomic E-state index is 12.5. The van der Waals surface area contributed by atoms with E-state index in [1.807, 2.05) is 24.4 Å². The SMILES string of the molecule is Cc1ccsc1/C=C1\Oc2cc(OC(=O)C(Cl)c3ccccc3)ccc2C1=O. The Morgan fingerprint density at radius 3 is 2.68 bits per heavy atom. The Morgan fingerprint density at radius 1 is 1.18 bits per heavy atom. The number of Topliss-reactive ketones (excluding diaryl/α,β-unsaturated/α-hetero) is 1. The highest BCUT2D eigenvalue weighted by molar-refractivity contribution is 7.11. The number of aryl methyl sites for hydroxylation is 1. The summed E-state index contributed by atoms with van der Waals surface area (Å²) in [6.45, 7) is 1.97. The molecule has 0 fully saturated rings. The second-order valence-electron chi connectivity index (χ2n) is 6.26. The van der Waals surface area contributed by atoms with Crippen molar-refractivity contribution in [3.8, 4) is 11.5 Å². The highest BCUT2D eigenvalue weighted by Gasteiger charge is 2.29. The smallest absolute Gasteiger partial charge is 0.334 e. The van der Waals surface area contributed by atoms with Gasteiger partial charge in [0.15, 0.2) is 11.1 Å². The van der Waals surface area contributed by atoms with Gasteiger partial charge in [0.25, 0.3) is 0 Å². The van der Waals surface area contributed by atoms with Gasteiger partial charge in [-0.2, -0.15) is 0 Å². The van der Waals surface area contributed by atoms with Crippen LogP contribution < -0.4 is 9.47 Å². The Hall–Kier alpha value is -2.89. The summed E-state index contributed by atoms with van der Waals surface area (Å²) in [4.78, 5) is 25.8. The summed E-state index contributed by atoms with van der Waals surface area (Å²) in [5, 5.41) is 1.04. The Labute approximate surface area is 171 Å². The van der Waals surface area contributed by atoms with Crippen LogP contribution in [-0.2, 0) is 4.79 Å². The van der Waals surface area contributed by atoms with Gasteiger partial charge >= 0.3 is 5.97 Å². The highest BCUT2D eigenvalue weighted by Crippen LogP contribution is 2.36. The minimum absolute atomic E-state index is 0.194. The van der Waals surface area contributed by atoms with Crippen LogP contribution in [0, 0.1) is 6.92 Å². The number of fused-ring (bicyclic) bond motifs is 1. The van der Waals surface area contributed by atoms with Crippen molar-refractivity contribution in [1.82, 2.24) is 0 Å². The van der Waals surface area contributed by atoms with Gasteiger partial charge in [0.2, 0.25) is 5.78 Å². The molecular weight excluding hydrogens is 396 g/mol. The largest absolute Gasteiger partial charge is 0.452 e. The number of hydrogen-bond donors (Lipinski definition) is 0. The third-order valence-corrected chi connectivity index (χ3v) is 5.72. The lowest BCUT2D eigenvalue weighted by molar-refractivity contribution is -0.134. The van der Waals surface area contributed by atoms with Gasteiger partial charge in [0, 0.05) is 17.0 Å². The fraction of sp³-hybridized carbons (Fsp3) is 0.0909. The van der Waals surface area contributed by atoms with E-state index in [0.29, 0.717) is 16.9 Å². The predicted molar refractivity (Wildman–Crippen MR) is 109 cm³/mol. The van der Waals surface area contributed by atoms with E-state index in [1.54, 1.807) is 42.5 Å². The number of carbonyl (C=O) groups excluding carboxylic acids is 2. The predicted octanol–water partition coefficient (Wildman–Crippen LogP) is 5.56. The summed E-state index contributed by atoms with van der Waals surface area (Å²) >= 11 is 7.73. The summed E-state index contributed by atoms with van der Waals surface area (Å²) in [5.41, 5.74) is 2.16. The fourth-order valence-corrected chi connectivity index (χ4v) is 3.85. The average Bonchev–Trinajstić information content (AvgIpc) is 3.25. The van der Waals surface area contributed by atoms with Crippen LogP contribution in [0.4, 0.5) is 0 Å². The summed E-state index contributed by atoms with van der Waals surface area (Å²) in [5.74, 6) is 0.0964. The van der Waals surface area contributed by atoms with E-state index >= 15 is 0 Å². The van der Waals surface area contributed by atoms with Crippen molar-refractivity contribution < 1.29 is 19.1 Å². The van der Waals surface area contributed by atoms with E-state index in [0.717, 1.165) is 10.4 Å². The van der Waals surface area contributed by atoms with Crippen LogP contribution in [0.15, 0.2) is 65.7 Å². The summed E-state index contributed by atoms with van der Waals surface area (Å²) in [7, 11) is 0. The molecule has 140 valence electrons. The molecule has 2 aromatic carbocycles. The Balaban J connectivity index is 1.53. The molecule has 1 atom stereocenters. The zero-order valence-electron chi connectivity index (χ0n) is 14.8. The number of hydrogen-bond acceptors (Lipinski definition) is 5. The number of ether oxygens (including phenoxy) is 2. The van der Waals surface area contributed by atoms with E-state index in [2.05, 4.69) is 0 Å². The van der Waals surface area contributed by atoms with Crippen molar-refractivity contribution in [2.24, 2.45) is 0 Å². The number of ketones is 1. The molecule has 6 heteroatoms. The van der Waals surface area contributed by atoms with E-state index in [4.69, 9.17) is 21.1 Å². The van der Waals surface area contributed by atoms with Crippen molar-refractivity contribution in [1.29, 1.82) is 0 Å². The lowest BCUT2D eigenvalue weighted by Gasteiger charge is -2.10. The molecule has 0 amide bonds. The first kappa shape index (κ1) is 18.5. The van der Waals surface area contributed by atoms with Crippen LogP contribution in [-0.4, -0.2) is 11.8 Å². The van der Waals surface area contributed by atoms with Gasteiger partial charge < -0.3 is 9.47 Å². The lowest BCUT2D eigenvalue weighted by atomic mass is 10.1. The van der Waals surface area contributed by atoms with Gasteiger partial charge in [0.05, 0.1) is 5.56 Å². The summed E-state index contributed by atoms with van der Waals surface area (Å²) < 4.78 is 11.1. The number of alkyl halides is 1. The Morgan fingerprint density at radius 2 is 1.96 bits per heavy atom. The standard InChI is InChI=1S/C22H15ClO4S/c1-13-9-10-28-19(13)12-18-21(24)16-8-7-15(11-17(16)27-18)26-22(25)20(23)14-5-3-2-4-6-14/h2-12,20H,1H3/b18-12-. The Kier molecular flexibility index (Phi) is 5.03. The maximum atomic E-state index is 12.5. The number of benzene rings is 2. The molecule has 4 rings (SSSR count). The van der Waals surface area contributed by atoms with Crippen molar-refractivity contribution in [2.45, 2.75) is 12.3 Å². The van der Waals surface area contributed by atoms with E-state index in [-0.39, 0.29) is 17.3 Å². The number of rotatable bonds is 4. The van der Waals surface area contributed by atoms with Crippen LogP contribution in [0.25, 0.3) is 6.08 Å². The molecule has 4 nitrogen and oxygen atoms in total. The summed E-state index contributed by atoms with van der Waals surface area (Å²) in [6.07, 6.45) is 1.73. The molecule has 0 spiro atoms. The molecule has 0 saturated heterocycles. The lowest BCUT2D eigenvalue weighted by Crippen LogP contribution is -2.14. The van der Waals surface area contributed by atoms with Crippen LogP contribution in [0.5, 0.6) is 11.5 Å². The number of allylic oxidation sites excluding steroid dienone is 1.